The number of aromatic nitrogens is 3. The summed E-state index contributed by atoms with van der Waals surface area (Å²) in [5, 5.41) is 13.2. The van der Waals surface area contributed by atoms with Gasteiger partial charge in [0.15, 0.2) is 5.65 Å². The summed E-state index contributed by atoms with van der Waals surface area (Å²) in [6.07, 6.45) is 6.34. The van der Waals surface area contributed by atoms with Crippen molar-refractivity contribution in [2.45, 2.75) is 6.92 Å². The molecule has 0 bridgehead atoms. The monoisotopic (exact) mass is 285 g/mol. The highest BCUT2D eigenvalue weighted by atomic mass is 16.5. The lowest BCUT2D eigenvalue weighted by molar-refractivity contribution is 0.0525. The summed E-state index contributed by atoms with van der Waals surface area (Å²) in [6.45, 7) is 2.01. The molecule has 0 amide bonds. The molecule has 0 aliphatic heterocycles. The van der Waals surface area contributed by atoms with Crippen molar-refractivity contribution in [3.05, 3.63) is 35.4 Å². The zero-order valence-electron chi connectivity index (χ0n) is 12.1. The number of nitrogens with zero attached hydrogens (tertiary/aromatic N) is 5. The highest BCUT2D eigenvalue weighted by Crippen LogP contribution is 2.16. The van der Waals surface area contributed by atoms with Gasteiger partial charge in [-0.25, -0.2) is 14.3 Å². The molecule has 2 aromatic heterocycles. The first kappa shape index (κ1) is 14.5. The van der Waals surface area contributed by atoms with Gasteiger partial charge in [0.25, 0.3) is 0 Å². The highest BCUT2D eigenvalue weighted by Gasteiger charge is 2.17. The highest BCUT2D eigenvalue weighted by molar-refractivity contribution is 5.93. The Labute approximate surface area is 122 Å². The Morgan fingerprint density at radius 3 is 2.90 bits per heavy atom. The number of rotatable bonds is 4. The molecule has 0 aliphatic carbocycles. The minimum atomic E-state index is -0.473. The van der Waals surface area contributed by atoms with Gasteiger partial charge in [0.1, 0.15) is 17.2 Å². The van der Waals surface area contributed by atoms with Crippen LogP contribution < -0.4 is 0 Å². The fourth-order valence-corrected chi connectivity index (χ4v) is 1.77. The first-order valence-corrected chi connectivity index (χ1v) is 6.37. The Hall–Kier alpha value is -2.88. The third-order valence-electron chi connectivity index (χ3n) is 2.71. The predicted molar refractivity (Wildman–Crippen MR) is 76.4 cm³/mol. The summed E-state index contributed by atoms with van der Waals surface area (Å²) in [5.74, 6) is -0.473. The lowest BCUT2D eigenvalue weighted by Gasteiger charge is -2.09. The zero-order valence-corrected chi connectivity index (χ0v) is 12.1. The molecule has 7 nitrogen and oxygen atoms in total. The van der Waals surface area contributed by atoms with Crippen molar-refractivity contribution in [1.29, 1.82) is 5.26 Å². The van der Waals surface area contributed by atoms with Gasteiger partial charge in [-0.05, 0) is 13.0 Å². The summed E-state index contributed by atoms with van der Waals surface area (Å²) in [4.78, 5) is 18.0. The number of fused-ring (bicyclic) bond motifs is 1. The van der Waals surface area contributed by atoms with E-state index in [2.05, 4.69) is 10.1 Å². The predicted octanol–water partition coefficient (Wildman–Crippen LogP) is 1.31. The van der Waals surface area contributed by atoms with Crippen molar-refractivity contribution in [1.82, 2.24) is 19.5 Å². The zero-order chi connectivity index (χ0) is 15.4. The lowest BCUT2D eigenvalue weighted by Crippen LogP contribution is -2.12. The van der Waals surface area contributed by atoms with Crippen LogP contribution in [0, 0.1) is 11.3 Å². The molecule has 108 valence electrons. The van der Waals surface area contributed by atoms with Crippen molar-refractivity contribution < 1.29 is 9.53 Å². The molecular formula is C14H15N5O2. The van der Waals surface area contributed by atoms with Crippen LogP contribution in [0.3, 0.4) is 0 Å². The third-order valence-corrected chi connectivity index (χ3v) is 2.71. The van der Waals surface area contributed by atoms with Crippen LogP contribution in [0.2, 0.25) is 0 Å². The van der Waals surface area contributed by atoms with E-state index in [1.54, 1.807) is 19.2 Å². The van der Waals surface area contributed by atoms with Gasteiger partial charge >= 0.3 is 5.97 Å². The number of hydrogen-bond donors (Lipinski definition) is 0. The molecule has 0 atom stereocenters. The van der Waals surface area contributed by atoms with E-state index >= 15 is 0 Å². The average molecular weight is 285 g/mol. The quantitative estimate of drug-likeness (QED) is 0.788. The summed E-state index contributed by atoms with van der Waals surface area (Å²) in [6, 6.07) is 2.02. The maximum absolute atomic E-state index is 12.0. The van der Waals surface area contributed by atoms with Crippen LogP contribution in [-0.4, -0.2) is 46.2 Å². The van der Waals surface area contributed by atoms with E-state index in [9.17, 15) is 4.79 Å². The summed E-state index contributed by atoms with van der Waals surface area (Å²) in [7, 11) is 3.73. The van der Waals surface area contributed by atoms with Crippen molar-refractivity contribution >= 4 is 17.7 Å². The Morgan fingerprint density at radius 2 is 2.29 bits per heavy atom. The van der Waals surface area contributed by atoms with Gasteiger partial charge in [-0.2, -0.15) is 10.4 Å². The molecule has 0 fully saturated rings. The van der Waals surface area contributed by atoms with Crippen LogP contribution >= 0.6 is 0 Å². The van der Waals surface area contributed by atoms with Crippen LogP contribution in [0.4, 0.5) is 0 Å². The number of ether oxygens (including phenoxy) is 1. The first-order chi connectivity index (χ1) is 10.1. The molecule has 2 aromatic rings. The van der Waals surface area contributed by atoms with E-state index in [4.69, 9.17) is 10.00 Å². The molecule has 2 rings (SSSR count). The molecule has 0 saturated carbocycles. The smallest absolute Gasteiger partial charge is 0.341 e. The molecular weight excluding hydrogens is 270 g/mol. The van der Waals surface area contributed by atoms with Gasteiger partial charge in [-0.1, -0.05) is 0 Å². The molecule has 0 N–H and O–H groups in total. The van der Waals surface area contributed by atoms with E-state index in [1.165, 1.54) is 16.9 Å². The normalized spacial score (nSPS) is 10.8. The minimum Gasteiger partial charge on any atom is -0.462 e. The van der Waals surface area contributed by atoms with Crippen LogP contribution in [0.1, 0.15) is 28.5 Å². The van der Waals surface area contributed by atoms with Gasteiger partial charge in [-0.15, -0.1) is 0 Å². The number of carbonyl (C=O) groups excluding carboxylic acids is 1. The van der Waals surface area contributed by atoms with Crippen molar-refractivity contribution in [3.63, 3.8) is 0 Å². The Balaban J connectivity index is 2.66. The maximum Gasteiger partial charge on any atom is 0.341 e. The fraction of sp³-hybridized carbons (Fsp3) is 0.286. The second-order valence-corrected chi connectivity index (χ2v) is 4.46. The van der Waals surface area contributed by atoms with Crippen molar-refractivity contribution in [2.75, 3.05) is 20.7 Å². The number of esters is 1. The Kier molecular flexibility index (Phi) is 4.18. The van der Waals surface area contributed by atoms with Crippen molar-refractivity contribution in [2.24, 2.45) is 0 Å². The van der Waals surface area contributed by atoms with Crippen LogP contribution in [-0.2, 0) is 4.74 Å². The standard InChI is InChI=1S/C14H15N5O2/c1-4-21-14(20)11-9-16-13-10(7-15)8-17-19(13)12(11)5-6-18(2)3/h5-6,8-9H,4H2,1-3H3/b6-5+. The van der Waals surface area contributed by atoms with Crippen LogP contribution in [0.5, 0.6) is 0 Å². The largest absolute Gasteiger partial charge is 0.462 e. The van der Waals surface area contributed by atoms with E-state index in [-0.39, 0.29) is 6.61 Å². The second-order valence-electron chi connectivity index (χ2n) is 4.46. The van der Waals surface area contributed by atoms with E-state index in [0.29, 0.717) is 22.5 Å². The van der Waals surface area contributed by atoms with Gasteiger partial charge < -0.3 is 9.64 Å². The van der Waals surface area contributed by atoms with Crippen LogP contribution in [0.25, 0.3) is 11.7 Å². The first-order valence-electron chi connectivity index (χ1n) is 6.37. The SMILES string of the molecule is CCOC(=O)c1cnc2c(C#N)cnn2c1/C=C/N(C)C. The lowest BCUT2D eigenvalue weighted by atomic mass is 10.2. The maximum atomic E-state index is 12.0. The van der Waals surface area contributed by atoms with Gasteiger partial charge in [0.2, 0.25) is 0 Å². The molecule has 0 saturated heterocycles. The van der Waals surface area contributed by atoms with Gasteiger partial charge in [0, 0.05) is 26.5 Å². The summed E-state index contributed by atoms with van der Waals surface area (Å²) >= 11 is 0. The third kappa shape index (κ3) is 2.84. The van der Waals surface area contributed by atoms with Crippen molar-refractivity contribution in [3.8, 4) is 6.07 Å². The Bertz CT molecular complexity index is 740. The van der Waals surface area contributed by atoms with Crippen LogP contribution in [0.15, 0.2) is 18.6 Å². The number of hydrogen-bond acceptors (Lipinski definition) is 6. The molecule has 0 unspecified atom stereocenters. The number of carbonyl (C=O) groups is 1. The molecule has 0 aromatic carbocycles. The summed E-state index contributed by atoms with van der Waals surface area (Å²) < 4.78 is 6.49. The van der Waals surface area contributed by atoms with E-state index < -0.39 is 5.97 Å². The molecule has 0 aliphatic rings. The van der Waals surface area contributed by atoms with Gasteiger partial charge in [0.05, 0.1) is 18.5 Å². The second kappa shape index (κ2) is 6.05. The van der Waals surface area contributed by atoms with E-state index in [1.807, 2.05) is 25.1 Å². The van der Waals surface area contributed by atoms with Gasteiger partial charge in [-0.3, -0.25) is 0 Å². The average Bonchev–Trinajstić information content (AvgIpc) is 2.87. The topological polar surface area (TPSA) is 83.5 Å². The Morgan fingerprint density at radius 1 is 1.52 bits per heavy atom. The number of nitriles is 1. The molecule has 0 radical (unpaired) electrons. The molecule has 7 heteroatoms. The minimum absolute atomic E-state index is 0.274. The van der Waals surface area contributed by atoms with E-state index in [0.717, 1.165) is 0 Å². The summed E-state index contributed by atoms with van der Waals surface area (Å²) in [5.41, 5.74) is 1.58. The fourth-order valence-electron chi connectivity index (χ4n) is 1.77. The molecule has 21 heavy (non-hydrogen) atoms. The molecule has 2 heterocycles. The molecule has 0 spiro atoms.